The molecule has 1 atom stereocenters. The van der Waals surface area contributed by atoms with Gasteiger partial charge in [0.2, 0.25) is 0 Å². The number of alkyl halides is 2. The first-order chi connectivity index (χ1) is 8.18. The van der Waals surface area contributed by atoms with Crippen molar-refractivity contribution in [1.82, 2.24) is 15.2 Å². The lowest BCUT2D eigenvalue weighted by Crippen LogP contribution is -2.46. The van der Waals surface area contributed by atoms with Crippen molar-refractivity contribution < 1.29 is 8.78 Å². The highest BCUT2D eigenvalue weighted by Crippen LogP contribution is 2.28. The fourth-order valence-electron chi connectivity index (χ4n) is 2.08. The summed E-state index contributed by atoms with van der Waals surface area (Å²) in [5.41, 5.74) is 0.615. The molecule has 0 radical (unpaired) electrons. The van der Waals surface area contributed by atoms with E-state index in [1.807, 2.05) is 4.90 Å². The highest BCUT2D eigenvalue weighted by molar-refractivity contribution is 9.10. The molecule has 1 aliphatic rings. The van der Waals surface area contributed by atoms with Crippen LogP contribution in [0.15, 0.2) is 22.9 Å². The molecule has 0 aliphatic carbocycles. The Balaban J connectivity index is 2.21. The van der Waals surface area contributed by atoms with Gasteiger partial charge < -0.3 is 5.32 Å². The normalized spacial score (nSPS) is 19.5. The molecule has 1 saturated heterocycles. The van der Waals surface area contributed by atoms with Gasteiger partial charge in [0.15, 0.2) is 0 Å². The van der Waals surface area contributed by atoms with E-state index in [2.05, 4.69) is 26.2 Å². The summed E-state index contributed by atoms with van der Waals surface area (Å²) in [4.78, 5) is 5.79. The van der Waals surface area contributed by atoms with Crippen molar-refractivity contribution in [3.63, 3.8) is 0 Å². The molecule has 0 bridgehead atoms. The number of hydrogen-bond acceptors (Lipinski definition) is 3. The van der Waals surface area contributed by atoms with Gasteiger partial charge in [0.25, 0.3) is 6.43 Å². The van der Waals surface area contributed by atoms with Crippen LogP contribution in [0.1, 0.15) is 11.6 Å². The van der Waals surface area contributed by atoms with E-state index in [1.165, 1.54) is 0 Å². The van der Waals surface area contributed by atoms with Crippen LogP contribution in [0.4, 0.5) is 8.78 Å². The molecule has 0 saturated carbocycles. The topological polar surface area (TPSA) is 28.2 Å². The molecule has 1 aromatic heterocycles. The third kappa shape index (κ3) is 3.20. The van der Waals surface area contributed by atoms with Crippen molar-refractivity contribution in [2.45, 2.75) is 12.5 Å². The van der Waals surface area contributed by atoms with E-state index in [9.17, 15) is 8.78 Å². The standard InChI is InChI=1S/C11H14BrF2N3/c12-9-7-8(1-2-16-9)10(11(13)14)17-5-3-15-4-6-17/h1-2,7,10-11,15H,3-6H2/t10-/m1/s1. The number of pyridine rings is 1. The van der Waals surface area contributed by atoms with Crippen LogP contribution in [-0.2, 0) is 0 Å². The predicted octanol–water partition coefficient (Wildman–Crippen LogP) is 2.06. The number of rotatable bonds is 3. The quantitative estimate of drug-likeness (QED) is 0.867. The van der Waals surface area contributed by atoms with Gasteiger partial charge in [-0.05, 0) is 33.6 Å². The first-order valence-corrected chi connectivity index (χ1v) is 6.32. The van der Waals surface area contributed by atoms with E-state index in [-0.39, 0.29) is 0 Å². The Kier molecular flexibility index (Phi) is 4.42. The Morgan fingerprint density at radius 3 is 2.65 bits per heavy atom. The highest BCUT2D eigenvalue weighted by Gasteiger charge is 2.30. The van der Waals surface area contributed by atoms with E-state index in [1.54, 1.807) is 18.3 Å². The summed E-state index contributed by atoms with van der Waals surface area (Å²) >= 11 is 3.22. The molecule has 94 valence electrons. The molecule has 1 fully saturated rings. The maximum atomic E-state index is 13.2. The lowest BCUT2D eigenvalue weighted by molar-refractivity contribution is 0.0181. The largest absolute Gasteiger partial charge is 0.314 e. The molecule has 1 aromatic rings. The molecule has 0 unspecified atom stereocenters. The van der Waals surface area contributed by atoms with Gasteiger partial charge in [-0.2, -0.15) is 0 Å². The average molecular weight is 306 g/mol. The van der Waals surface area contributed by atoms with Crippen molar-refractivity contribution in [3.05, 3.63) is 28.5 Å². The summed E-state index contributed by atoms with van der Waals surface area (Å²) in [6.45, 7) is 2.81. The first-order valence-electron chi connectivity index (χ1n) is 5.53. The summed E-state index contributed by atoms with van der Waals surface area (Å²) in [6, 6.07) is 2.49. The highest BCUT2D eigenvalue weighted by atomic mass is 79.9. The smallest absolute Gasteiger partial charge is 0.258 e. The Labute approximate surface area is 107 Å². The molecular formula is C11H14BrF2N3. The van der Waals surface area contributed by atoms with Crippen molar-refractivity contribution >= 4 is 15.9 Å². The van der Waals surface area contributed by atoms with E-state index in [0.29, 0.717) is 23.3 Å². The van der Waals surface area contributed by atoms with E-state index in [4.69, 9.17) is 0 Å². The van der Waals surface area contributed by atoms with Crippen LogP contribution in [0.2, 0.25) is 0 Å². The van der Waals surface area contributed by atoms with Crippen LogP contribution in [0, 0.1) is 0 Å². The monoisotopic (exact) mass is 305 g/mol. The SMILES string of the molecule is FC(F)[C@@H](c1ccnc(Br)c1)N1CCNCC1. The summed E-state index contributed by atoms with van der Waals surface area (Å²) in [5, 5.41) is 3.16. The summed E-state index contributed by atoms with van der Waals surface area (Å²) in [7, 11) is 0. The Morgan fingerprint density at radius 2 is 2.06 bits per heavy atom. The number of aromatic nitrogens is 1. The molecule has 17 heavy (non-hydrogen) atoms. The fourth-order valence-corrected chi connectivity index (χ4v) is 2.46. The predicted molar refractivity (Wildman–Crippen MR) is 65.1 cm³/mol. The Hall–Kier alpha value is -0.590. The Morgan fingerprint density at radius 1 is 1.35 bits per heavy atom. The van der Waals surface area contributed by atoms with Crippen LogP contribution >= 0.6 is 15.9 Å². The zero-order valence-corrected chi connectivity index (χ0v) is 10.8. The van der Waals surface area contributed by atoms with E-state index < -0.39 is 12.5 Å². The number of piperazine rings is 1. The lowest BCUT2D eigenvalue weighted by Gasteiger charge is -2.34. The number of nitrogens with one attached hydrogen (secondary N) is 1. The minimum atomic E-state index is -2.39. The molecule has 1 N–H and O–H groups in total. The Bertz CT molecular complexity index is 369. The lowest BCUT2D eigenvalue weighted by atomic mass is 10.1. The van der Waals surface area contributed by atoms with Crippen LogP contribution < -0.4 is 5.32 Å². The molecule has 0 spiro atoms. The minimum absolute atomic E-state index is 0.593. The van der Waals surface area contributed by atoms with Crippen LogP contribution in [0.25, 0.3) is 0 Å². The van der Waals surface area contributed by atoms with Crippen molar-refractivity contribution in [2.75, 3.05) is 26.2 Å². The molecule has 3 nitrogen and oxygen atoms in total. The third-order valence-electron chi connectivity index (χ3n) is 2.88. The average Bonchev–Trinajstić information content (AvgIpc) is 2.30. The van der Waals surface area contributed by atoms with Crippen LogP contribution in [0.3, 0.4) is 0 Å². The molecule has 2 rings (SSSR count). The summed E-state index contributed by atoms with van der Waals surface area (Å²) in [5.74, 6) is 0. The second-order valence-corrected chi connectivity index (χ2v) is 4.79. The number of hydrogen-bond donors (Lipinski definition) is 1. The second-order valence-electron chi connectivity index (χ2n) is 3.98. The number of halogens is 3. The van der Waals surface area contributed by atoms with Gasteiger partial charge in [0.1, 0.15) is 4.60 Å². The molecule has 6 heteroatoms. The first kappa shape index (κ1) is 12.9. The van der Waals surface area contributed by atoms with Gasteiger partial charge in [-0.25, -0.2) is 13.8 Å². The zero-order valence-electron chi connectivity index (χ0n) is 9.24. The maximum Gasteiger partial charge on any atom is 0.258 e. The van der Waals surface area contributed by atoms with Crippen LogP contribution in [-0.4, -0.2) is 42.5 Å². The zero-order chi connectivity index (χ0) is 12.3. The summed E-state index contributed by atoms with van der Waals surface area (Å²) < 4.78 is 27.0. The van der Waals surface area contributed by atoms with Gasteiger partial charge in [-0.15, -0.1) is 0 Å². The molecular weight excluding hydrogens is 292 g/mol. The maximum absolute atomic E-state index is 13.2. The van der Waals surface area contributed by atoms with E-state index >= 15 is 0 Å². The minimum Gasteiger partial charge on any atom is -0.314 e. The molecule has 0 amide bonds. The molecule has 0 aromatic carbocycles. The van der Waals surface area contributed by atoms with Crippen molar-refractivity contribution in [2.24, 2.45) is 0 Å². The van der Waals surface area contributed by atoms with Gasteiger partial charge >= 0.3 is 0 Å². The van der Waals surface area contributed by atoms with Crippen molar-refractivity contribution in [3.8, 4) is 0 Å². The molecule has 1 aliphatic heterocycles. The summed E-state index contributed by atoms with van der Waals surface area (Å²) in [6.07, 6.45) is -0.834. The van der Waals surface area contributed by atoms with Gasteiger partial charge in [-0.1, -0.05) is 0 Å². The van der Waals surface area contributed by atoms with Gasteiger partial charge in [-0.3, -0.25) is 4.90 Å². The van der Waals surface area contributed by atoms with Gasteiger partial charge in [0.05, 0.1) is 6.04 Å². The van der Waals surface area contributed by atoms with Crippen LogP contribution in [0.5, 0.6) is 0 Å². The molecule has 2 heterocycles. The third-order valence-corrected chi connectivity index (χ3v) is 3.31. The van der Waals surface area contributed by atoms with Crippen molar-refractivity contribution in [1.29, 1.82) is 0 Å². The van der Waals surface area contributed by atoms with E-state index in [0.717, 1.165) is 13.1 Å². The second kappa shape index (κ2) is 5.84. The number of nitrogens with zero attached hydrogens (tertiary/aromatic N) is 2. The fraction of sp³-hybridized carbons (Fsp3) is 0.545. The van der Waals surface area contributed by atoms with Gasteiger partial charge in [0, 0.05) is 32.4 Å².